The molecule has 3 unspecified atom stereocenters. The van der Waals surface area contributed by atoms with Crippen LogP contribution in [-0.2, 0) is 15.8 Å². The highest BCUT2D eigenvalue weighted by atomic mass is 35.5. The van der Waals surface area contributed by atoms with E-state index in [0.29, 0.717) is 17.5 Å². The normalized spacial score (nSPS) is 27.2. The number of benzene rings is 1. The van der Waals surface area contributed by atoms with Crippen molar-refractivity contribution < 1.29 is 9.00 Å². The molecule has 4 atom stereocenters. The van der Waals surface area contributed by atoms with Gasteiger partial charge in [-0.25, -0.2) is 8.93 Å². The lowest BCUT2D eigenvalue weighted by molar-refractivity contribution is -0.145. The number of hydrogen-bond acceptors (Lipinski definition) is 2. The predicted molar refractivity (Wildman–Crippen MR) is 123 cm³/mol. The molecule has 4 rings (SSSR count). The minimum Gasteiger partial charge on any atom is -0.331 e. The first-order chi connectivity index (χ1) is 14.6. The van der Waals surface area contributed by atoms with E-state index < -0.39 is 11.0 Å². The van der Waals surface area contributed by atoms with Crippen LogP contribution < -0.4 is 4.72 Å². The number of piperidine rings is 1. The third-order valence-corrected chi connectivity index (χ3v) is 8.78. The van der Waals surface area contributed by atoms with E-state index in [9.17, 15) is 9.00 Å². The van der Waals surface area contributed by atoms with Crippen molar-refractivity contribution in [2.75, 3.05) is 6.54 Å². The number of allylic oxidation sites excluding steroid dienone is 1. The summed E-state index contributed by atoms with van der Waals surface area (Å²) in [5.74, 6) is 0.735. The molecule has 4 nitrogen and oxygen atoms in total. The second kappa shape index (κ2) is 9.97. The SMILES string of the molecule is C=CCC1CC[C@@H](c2ccc(Cl)cc2)N(C(CNS(=O)C2CCCC2)C2CC2)C1=O. The van der Waals surface area contributed by atoms with Gasteiger partial charge in [0.1, 0.15) is 0 Å². The summed E-state index contributed by atoms with van der Waals surface area (Å²) in [6.45, 7) is 4.47. The Bertz CT molecular complexity index is 774. The van der Waals surface area contributed by atoms with Crippen molar-refractivity contribution >= 4 is 28.5 Å². The fraction of sp³-hybridized carbons (Fsp3) is 0.625. The molecule has 3 fully saturated rings. The van der Waals surface area contributed by atoms with Gasteiger partial charge >= 0.3 is 0 Å². The molecule has 1 amide bonds. The number of amides is 1. The minimum absolute atomic E-state index is 0.00706. The molecule has 6 heteroatoms. The number of nitrogens with zero attached hydrogens (tertiary/aromatic N) is 1. The van der Waals surface area contributed by atoms with Gasteiger partial charge in [-0.3, -0.25) is 4.79 Å². The van der Waals surface area contributed by atoms with Gasteiger partial charge in [-0.2, -0.15) is 0 Å². The summed E-state index contributed by atoms with van der Waals surface area (Å²) in [5.41, 5.74) is 1.15. The first-order valence-corrected chi connectivity index (χ1v) is 13.0. The molecule has 1 heterocycles. The molecule has 0 bridgehead atoms. The standard InChI is InChI=1S/C24H33ClN2O2S/c1-2-5-19-12-15-22(17-10-13-20(25)14-11-17)27(24(19)28)23(18-8-9-18)16-26-30(29)21-6-3-4-7-21/h2,10-11,13-14,18-19,21-23,26H,1,3-9,12,15-16H2/t19?,22-,23?,30?/m0/s1. The molecule has 1 aromatic rings. The molecule has 0 radical (unpaired) electrons. The molecule has 30 heavy (non-hydrogen) atoms. The fourth-order valence-electron chi connectivity index (χ4n) is 5.17. The highest BCUT2D eigenvalue weighted by molar-refractivity contribution is 7.83. The number of likely N-dealkylation sites (tertiary alicyclic amines) is 1. The van der Waals surface area contributed by atoms with Crippen LogP contribution in [0.1, 0.15) is 69.4 Å². The average Bonchev–Trinajstić information content (AvgIpc) is 3.43. The van der Waals surface area contributed by atoms with Crippen LogP contribution in [0.5, 0.6) is 0 Å². The monoisotopic (exact) mass is 448 g/mol. The fourth-order valence-corrected chi connectivity index (χ4v) is 6.63. The van der Waals surface area contributed by atoms with Gasteiger partial charge in [-0.1, -0.05) is 42.7 Å². The minimum atomic E-state index is -1.01. The summed E-state index contributed by atoms with van der Waals surface area (Å²) in [6.07, 6.45) is 11.2. The summed E-state index contributed by atoms with van der Waals surface area (Å²) in [6, 6.07) is 8.08. The Labute approximate surface area is 188 Å². The lowest BCUT2D eigenvalue weighted by Gasteiger charge is -2.44. The van der Waals surface area contributed by atoms with Gasteiger partial charge in [0.15, 0.2) is 0 Å². The van der Waals surface area contributed by atoms with E-state index in [1.54, 1.807) is 0 Å². The van der Waals surface area contributed by atoms with Crippen molar-refractivity contribution in [3.8, 4) is 0 Å². The second-order valence-electron chi connectivity index (χ2n) is 9.07. The quantitative estimate of drug-likeness (QED) is 0.530. The highest BCUT2D eigenvalue weighted by Crippen LogP contribution is 2.43. The van der Waals surface area contributed by atoms with E-state index >= 15 is 0 Å². The molecular weight excluding hydrogens is 416 g/mol. The van der Waals surface area contributed by atoms with Crippen LogP contribution in [0.2, 0.25) is 5.02 Å². The van der Waals surface area contributed by atoms with Gasteiger partial charge < -0.3 is 4.90 Å². The number of hydrogen-bond donors (Lipinski definition) is 1. The Morgan fingerprint density at radius 1 is 1.13 bits per heavy atom. The molecule has 0 spiro atoms. The molecule has 164 valence electrons. The van der Waals surface area contributed by atoms with Crippen molar-refractivity contribution in [2.24, 2.45) is 11.8 Å². The first-order valence-electron chi connectivity index (χ1n) is 11.4. The maximum Gasteiger partial charge on any atom is 0.226 e. The van der Waals surface area contributed by atoms with Crippen molar-refractivity contribution in [3.05, 3.63) is 47.5 Å². The molecule has 2 aliphatic carbocycles. The smallest absolute Gasteiger partial charge is 0.226 e. The van der Waals surface area contributed by atoms with E-state index in [-0.39, 0.29) is 29.2 Å². The molecule has 1 N–H and O–H groups in total. The zero-order valence-corrected chi connectivity index (χ0v) is 19.2. The molecule has 3 aliphatic rings. The Hall–Kier alpha value is -1.17. The van der Waals surface area contributed by atoms with Crippen molar-refractivity contribution in [1.82, 2.24) is 9.62 Å². The number of rotatable bonds is 9. The van der Waals surface area contributed by atoms with Crippen LogP contribution in [-0.4, -0.2) is 32.9 Å². The van der Waals surface area contributed by atoms with E-state index in [2.05, 4.69) is 28.3 Å². The number of halogens is 1. The number of carbonyl (C=O) groups is 1. The Morgan fingerprint density at radius 2 is 1.83 bits per heavy atom. The number of carbonyl (C=O) groups excluding carboxylic acids is 1. The van der Waals surface area contributed by atoms with Crippen molar-refractivity contribution in [3.63, 3.8) is 0 Å². The second-order valence-corrected chi connectivity index (χ2v) is 11.1. The zero-order chi connectivity index (χ0) is 21.1. The Balaban J connectivity index is 1.56. The van der Waals surface area contributed by atoms with Crippen molar-refractivity contribution in [1.29, 1.82) is 0 Å². The maximum atomic E-state index is 13.6. The zero-order valence-electron chi connectivity index (χ0n) is 17.6. The van der Waals surface area contributed by atoms with Crippen molar-refractivity contribution in [2.45, 2.75) is 75.1 Å². The van der Waals surface area contributed by atoms with Gasteiger partial charge in [-0.15, -0.1) is 6.58 Å². The van der Waals surface area contributed by atoms with Gasteiger partial charge in [0.25, 0.3) is 0 Å². The van der Waals surface area contributed by atoms with Crippen LogP contribution in [0.25, 0.3) is 0 Å². The molecule has 2 saturated carbocycles. The highest BCUT2D eigenvalue weighted by Gasteiger charge is 2.45. The van der Waals surface area contributed by atoms with Gasteiger partial charge in [-0.05, 0) is 68.6 Å². The van der Waals surface area contributed by atoms with Crippen LogP contribution in [0.15, 0.2) is 36.9 Å². The summed E-state index contributed by atoms with van der Waals surface area (Å²) in [4.78, 5) is 15.7. The summed E-state index contributed by atoms with van der Waals surface area (Å²) >= 11 is 6.11. The van der Waals surface area contributed by atoms with E-state index in [4.69, 9.17) is 11.6 Å². The topological polar surface area (TPSA) is 49.4 Å². The van der Waals surface area contributed by atoms with Gasteiger partial charge in [0, 0.05) is 28.8 Å². The van der Waals surface area contributed by atoms with Gasteiger partial charge in [0.2, 0.25) is 5.91 Å². The summed E-state index contributed by atoms with van der Waals surface area (Å²) < 4.78 is 16.1. The van der Waals surface area contributed by atoms with E-state index in [1.807, 2.05) is 18.2 Å². The Morgan fingerprint density at radius 3 is 2.47 bits per heavy atom. The summed E-state index contributed by atoms with van der Waals surface area (Å²) in [7, 11) is -1.01. The molecule has 0 aromatic heterocycles. The molecular formula is C24H33ClN2O2S. The van der Waals surface area contributed by atoms with Crippen LogP contribution in [0.3, 0.4) is 0 Å². The van der Waals surface area contributed by atoms with Gasteiger partial charge in [0.05, 0.1) is 17.0 Å². The van der Waals surface area contributed by atoms with Crippen LogP contribution in [0, 0.1) is 11.8 Å². The molecule has 1 saturated heterocycles. The van der Waals surface area contributed by atoms with E-state index in [1.165, 1.54) is 12.8 Å². The summed E-state index contributed by atoms with van der Waals surface area (Å²) in [5, 5.41) is 0.979. The number of nitrogens with one attached hydrogen (secondary N) is 1. The predicted octanol–water partition coefficient (Wildman–Crippen LogP) is 5.17. The largest absolute Gasteiger partial charge is 0.331 e. The van der Waals surface area contributed by atoms with E-state index in [0.717, 1.165) is 50.5 Å². The lowest BCUT2D eigenvalue weighted by atomic mass is 9.85. The molecule has 1 aromatic carbocycles. The first kappa shape index (κ1) is 22.0. The Kier molecular flexibility index (Phi) is 7.32. The maximum absolute atomic E-state index is 13.6. The molecule has 1 aliphatic heterocycles. The van der Waals surface area contributed by atoms with Crippen LogP contribution in [0.4, 0.5) is 0 Å². The average molecular weight is 449 g/mol. The third-order valence-electron chi connectivity index (χ3n) is 7.00. The third kappa shape index (κ3) is 5.00. The van der Waals surface area contributed by atoms with Crippen LogP contribution >= 0.6 is 11.6 Å². The lowest BCUT2D eigenvalue weighted by Crippen LogP contribution is -2.53.